The standard InChI is InChI=1S/C35H37Cl2N3O5S/c1-3-4-22-38-35(42)33(23-26-8-6-5-7-9-26)39(24-27-10-12-28(36)13-11-27)34(41)25-40(30-16-14-29(37)15-17-30)46(43,44)32-20-18-31(45-2)19-21-32/h5-21,33H,3-4,22-25H2,1-2H3,(H,38,42)/t33-/m1/s1. The minimum Gasteiger partial charge on any atom is -0.497 e. The fourth-order valence-electron chi connectivity index (χ4n) is 4.86. The van der Waals surface area contributed by atoms with E-state index in [0.717, 1.165) is 28.3 Å². The van der Waals surface area contributed by atoms with Gasteiger partial charge in [0.15, 0.2) is 0 Å². The molecule has 0 saturated heterocycles. The topological polar surface area (TPSA) is 96.0 Å². The van der Waals surface area contributed by atoms with Crippen LogP contribution < -0.4 is 14.4 Å². The van der Waals surface area contributed by atoms with E-state index in [1.807, 2.05) is 37.3 Å². The number of anilines is 1. The smallest absolute Gasteiger partial charge is 0.264 e. The van der Waals surface area contributed by atoms with Crippen LogP contribution in [0.2, 0.25) is 10.0 Å². The number of amides is 2. The molecule has 4 aromatic carbocycles. The molecule has 1 N–H and O–H groups in total. The van der Waals surface area contributed by atoms with Gasteiger partial charge in [-0.1, -0.05) is 79.0 Å². The number of hydrogen-bond acceptors (Lipinski definition) is 5. The first-order chi connectivity index (χ1) is 22.1. The van der Waals surface area contributed by atoms with Crippen molar-refractivity contribution >= 4 is 50.7 Å². The van der Waals surface area contributed by atoms with Crippen molar-refractivity contribution < 1.29 is 22.7 Å². The van der Waals surface area contributed by atoms with Gasteiger partial charge in [-0.3, -0.25) is 13.9 Å². The minimum atomic E-state index is -4.25. The van der Waals surface area contributed by atoms with E-state index in [1.54, 1.807) is 48.5 Å². The number of nitrogens with one attached hydrogen (secondary N) is 1. The van der Waals surface area contributed by atoms with Crippen LogP contribution in [-0.2, 0) is 32.6 Å². The Morgan fingerprint density at radius 3 is 2.02 bits per heavy atom. The molecule has 0 saturated carbocycles. The number of unbranched alkanes of at least 4 members (excludes halogenated alkanes) is 1. The number of methoxy groups -OCH3 is 1. The number of carbonyl (C=O) groups excluding carboxylic acids is 2. The summed E-state index contributed by atoms with van der Waals surface area (Å²) in [6, 6.07) is 27.6. The summed E-state index contributed by atoms with van der Waals surface area (Å²) >= 11 is 12.3. The zero-order chi connectivity index (χ0) is 33.1. The largest absolute Gasteiger partial charge is 0.497 e. The van der Waals surface area contributed by atoms with Crippen molar-refractivity contribution in [2.24, 2.45) is 0 Å². The molecule has 1 atom stereocenters. The second-order valence-electron chi connectivity index (χ2n) is 10.7. The Bertz CT molecular complexity index is 1690. The van der Waals surface area contributed by atoms with Crippen molar-refractivity contribution in [3.05, 3.63) is 124 Å². The first-order valence-electron chi connectivity index (χ1n) is 14.9. The van der Waals surface area contributed by atoms with Gasteiger partial charge in [0.05, 0.1) is 17.7 Å². The van der Waals surface area contributed by atoms with Gasteiger partial charge >= 0.3 is 0 Å². The number of carbonyl (C=O) groups is 2. The molecular formula is C35H37Cl2N3O5S. The molecule has 0 aliphatic rings. The van der Waals surface area contributed by atoms with E-state index in [9.17, 15) is 18.0 Å². The minimum absolute atomic E-state index is 0.0292. The summed E-state index contributed by atoms with van der Waals surface area (Å²) in [6.07, 6.45) is 1.89. The number of rotatable bonds is 15. The van der Waals surface area contributed by atoms with Gasteiger partial charge < -0.3 is 15.0 Å². The molecule has 242 valence electrons. The average molecular weight is 683 g/mol. The van der Waals surface area contributed by atoms with E-state index in [4.69, 9.17) is 27.9 Å². The second kappa shape index (κ2) is 16.5. The van der Waals surface area contributed by atoms with E-state index >= 15 is 0 Å². The molecule has 0 bridgehead atoms. The van der Waals surface area contributed by atoms with Gasteiger partial charge in [0.1, 0.15) is 18.3 Å². The highest BCUT2D eigenvalue weighted by atomic mass is 35.5. The molecule has 4 rings (SSSR count). The Kier molecular flexibility index (Phi) is 12.5. The molecule has 8 nitrogen and oxygen atoms in total. The lowest BCUT2D eigenvalue weighted by Crippen LogP contribution is -2.53. The van der Waals surface area contributed by atoms with Crippen molar-refractivity contribution in [2.75, 3.05) is 24.5 Å². The fourth-order valence-corrected chi connectivity index (χ4v) is 6.52. The molecule has 0 fully saturated rings. The molecular weight excluding hydrogens is 645 g/mol. The van der Waals surface area contributed by atoms with Gasteiger partial charge in [0.25, 0.3) is 10.0 Å². The van der Waals surface area contributed by atoms with Crippen LogP contribution in [0, 0.1) is 0 Å². The fraction of sp³-hybridized carbons (Fsp3) is 0.257. The zero-order valence-corrected chi connectivity index (χ0v) is 28.1. The van der Waals surface area contributed by atoms with Gasteiger partial charge in [-0.25, -0.2) is 8.42 Å². The highest BCUT2D eigenvalue weighted by Gasteiger charge is 2.34. The average Bonchev–Trinajstić information content (AvgIpc) is 3.07. The predicted molar refractivity (Wildman–Crippen MR) is 183 cm³/mol. The van der Waals surface area contributed by atoms with Crippen LogP contribution in [0.3, 0.4) is 0 Å². The van der Waals surface area contributed by atoms with Crippen LogP contribution in [0.1, 0.15) is 30.9 Å². The van der Waals surface area contributed by atoms with Gasteiger partial charge in [-0.2, -0.15) is 0 Å². The van der Waals surface area contributed by atoms with Gasteiger partial charge in [-0.05, 0) is 78.2 Å². The van der Waals surface area contributed by atoms with Crippen LogP contribution in [-0.4, -0.2) is 51.4 Å². The molecule has 46 heavy (non-hydrogen) atoms. The molecule has 0 heterocycles. The van der Waals surface area contributed by atoms with Gasteiger partial charge in [0, 0.05) is 29.6 Å². The Morgan fingerprint density at radius 1 is 0.826 bits per heavy atom. The normalized spacial score (nSPS) is 11.8. The number of hydrogen-bond donors (Lipinski definition) is 1. The lowest BCUT2D eigenvalue weighted by Gasteiger charge is -2.34. The van der Waals surface area contributed by atoms with Crippen molar-refractivity contribution in [3.8, 4) is 5.75 Å². The van der Waals surface area contributed by atoms with Gasteiger partial charge in [0.2, 0.25) is 11.8 Å². The number of halogens is 2. The van der Waals surface area contributed by atoms with Crippen LogP contribution in [0.4, 0.5) is 5.69 Å². The van der Waals surface area contributed by atoms with E-state index < -0.39 is 28.5 Å². The highest BCUT2D eigenvalue weighted by molar-refractivity contribution is 7.92. The van der Waals surface area contributed by atoms with Crippen LogP contribution in [0.5, 0.6) is 5.75 Å². The molecule has 0 spiro atoms. The Hall–Kier alpha value is -4.05. The van der Waals surface area contributed by atoms with Crippen LogP contribution >= 0.6 is 23.2 Å². The summed E-state index contributed by atoms with van der Waals surface area (Å²) in [5.74, 6) is -0.399. The summed E-state index contributed by atoms with van der Waals surface area (Å²) in [6.45, 7) is 1.95. The van der Waals surface area contributed by atoms with Crippen LogP contribution in [0.25, 0.3) is 0 Å². The summed E-state index contributed by atoms with van der Waals surface area (Å²) in [4.78, 5) is 29.7. The number of sulfonamides is 1. The molecule has 4 aromatic rings. The summed E-state index contributed by atoms with van der Waals surface area (Å²) in [5.41, 5.74) is 1.83. The summed E-state index contributed by atoms with van der Waals surface area (Å²) in [5, 5.41) is 3.92. The third-order valence-electron chi connectivity index (χ3n) is 7.41. The maximum absolute atomic E-state index is 14.5. The molecule has 0 radical (unpaired) electrons. The Labute approximate surface area is 280 Å². The van der Waals surface area contributed by atoms with Crippen LogP contribution in [0.15, 0.2) is 108 Å². The Morgan fingerprint density at radius 2 is 1.43 bits per heavy atom. The van der Waals surface area contributed by atoms with E-state index in [-0.39, 0.29) is 29.5 Å². The lowest BCUT2D eigenvalue weighted by atomic mass is 10.0. The summed E-state index contributed by atoms with van der Waals surface area (Å²) in [7, 11) is -2.76. The summed E-state index contributed by atoms with van der Waals surface area (Å²) < 4.78 is 34.5. The zero-order valence-electron chi connectivity index (χ0n) is 25.7. The third kappa shape index (κ3) is 9.25. The Balaban J connectivity index is 1.78. The maximum atomic E-state index is 14.5. The third-order valence-corrected chi connectivity index (χ3v) is 9.70. The first kappa shape index (κ1) is 34.8. The molecule has 2 amide bonds. The molecule has 0 aliphatic heterocycles. The predicted octanol–water partition coefficient (Wildman–Crippen LogP) is 6.75. The van der Waals surface area contributed by atoms with Crippen molar-refractivity contribution in [1.29, 1.82) is 0 Å². The molecule has 11 heteroatoms. The maximum Gasteiger partial charge on any atom is 0.264 e. The lowest BCUT2D eigenvalue weighted by molar-refractivity contribution is -0.140. The van der Waals surface area contributed by atoms with Crippen molar-refractivity contribution in [1.82, 2.24) is 10.2 Å². The molecule has 0 unspecified atom stereocenters. The molecule has 0 aliphatic carbocycles. The number of ether oxygens (including phenoxy) is 1. The van der Waals surface area contributed by atoms with E-state index in [0.29, 0.717) is 22.3 Å². The number of benzene rings is 4. The van der Waals surface area contributed by atoms with Crippen molar-refractivity contribution in [3.63, 3.8) is 0 Å². The SMILES string of the molecule is CCCCNC(=O)[C@@H](Cc1ccccc1)N(Cc1ccc(Cl)cc1)C(=O)CN(c1ccc(Cl)cc1)S(=O)(=O)c1ccc(OC)cc1. The van der Waals surface area contributed by atoms with E-state index in [1.165, 1.54) is 36.3 Å². The van der Waals surface area contributed by atoms with E-state index in [2.05, 4.69) is 5.32 Å². The molecule has 0 aromatic heterocycles. The quantitative estimate of drug-likeness (QED) is 0.140. The number of nitrogens with zero attached hydrogens (tertiary/aromatic N) is 2. The highest BCUT2D eigenvalue weighted by Crippen LogP contribution is 2.27. The van der Waals surface area contributed by atoms with Crippen molar-refractivity contribution in [2.45, 2.75) is 43.7 Å². The monoisotopic (exact) mass is 681 g/mol. The first-order valence-corrected chi connectivity index (χ1v) is 17.1. The van der Waals surface area contributed by atoms with Gasteiger partial charge in [-0.15, -0.1) is 0 Å². The second-order valence-corrected chi connectivity index (χ2v) is 13.4.